The third kappa shape index (κ3) is 3.70. The van der Waals surface area contributed by atoms with Crippen LogP contribution in [0.2, 0.25) is 0 Å². The van der Waals surface area contributed by atoms with E-state index in [9.17, 15) is 0 Å². The quantitative estimate of drug-likeness (QED) is 0.660. The molecular formula is C24H29N3. The van der Waals surface area contributed by atoms with Crippen molar-refractivity contribution in [2.75, 3.05) is 6.54 Å². The standard InChI is InChI=1S/C24H29N3/c1-24(2,3)20-12-10-18(11-13-20)16-27-15-14-21-22(17-27)26(4)23(25-21)19-8-6-5-7-9-19/h5-13H,14-17H2,1-4H3. The molecule has 0 atom stereocenters. The Balaban J connectivity index is 1.51. The van der Waals surface area contributed by atoms with Crippen molar-refractivity contribution in [3.63, 3.8) is 0 Å². The maximum absolute atomic E-state index is 4.94. The van der Waals surface area contributed by atoms with Gasteiger partial charge in [0.25, 0.3) is 0 Å². The first-order chi connectivity index (χ1) is 12.9. The van der Waals surface area contributed by atoms with Gasteiger partial charge in [0, 0.05) is 38.7 Å². The Hall–Kier alpha value is -2.39. The fraction of sp³-hybridized carbons (Fsp3) is 0.375. The van der Waals surface area contributed by atoms with Gasteiger partial charge in [0.15, 0.2) is 0 Å². The van der Waals surface area contributed by atoms with Crippen LogP contribution in [0.5, 0.6) is 0 Å². The Bertz CT molecular complexity index is 915. The number of hydrogen-bond acceptors (Lipinski definition) is 2. The Kier molecular flexibility index (Phi) is 4.65. The molecule has 27 heavy (non-hydrogen) atoms. The van der Waals surface area contributed by atoms with Crippen molar-refractivity contribution in [3.8, 4) is 11.4 Å². The normalized spacial score (nSPS) is 15.0. The van der Waals surface area contributed by atoms with Gasteiger partial charge < -0.3 is 4.57 Å². The number of hydrogen-bond donors (Lipinski definition) is 0. The van der Waals surface area contributed by atoms with Gasteiger partial charge in [-0.25, -0.2) is 4.98 Å². The molecule has 0 fully saturated rings. The maximum Gasteiger partial charge on any atom is 0.140 e. The average molecular weight is 360 g/mol. The number of aromatic nitrogens is 2. The molecule has 0 radical (unpaired) electrons. The second kappa shape index (κ2) is 6.97. The second-order valence-corrected chi connectivity index (χ2v) is 8.66. The van der Waals surface area contributed by atoms with Gasteiger partial charge in [-0.3, -0.25) is 4.90 Å². The minimum absolute atomic E-state index is 0.209. The van der Waals surface area contributed by atoms with E-state index in [1.54, 1.807) is 0 Å². The van der Waals surface area contributed by atoms with Crippen LogP contribution in [0.1, 0.15) is 43.3 Å². The lowest BCUT2D eigenvalue weighted by atomic mass is 9.87. The summed E-state index contributed by atoms with van der Waals surface area (Å²) in [6, 6.07) is 19.6. The summed E-state index contributed by atoms with van der Waals surface area (Å²) in [5.74, 6) is 1.08. The summed E-state index contributed by atoms with van der Waals surface area (Å²) in [6.45, 7) is 9.82. The molecule has 140 valence electrons. The number of rotatable bonds is 3. The summed E-state index contributed by atoms with van der Waals surface area (Å²) >= 11 is 0. The summed E-state index contributed by atoms with van der Waals surface area (Å²) in [5, 5.41) is 0. The number of imidazole rings is 1. The van der Waals surface area contributed by atoms with Crippen LogP contribution in [0.4, 0.5) is 0 Å². The number of benzene rings is 2. The molecule has 2 heterocycles. The first kappa shape index (κ1) is 18.0. The Morgan fingerprint density at radius 3 is 2.33 bits per heavy atom. The first-order valence-electron chi connectivity index (χ1n) is 9.83. The van der Waals surface area contributed by atoms with Crippen molar-refractivity contribution in [1.82, 2.24) is 14.5 Å². The third-order valence-corrected chi connectivity index (χ3v) is 5.59. The highest BCUT2D eigenvalue weighted by atomic mass is 15.2. The van der Waals surface area contributed by atoms with Crippen LogP contribution in [0.25, 0.3) is 11.4 Å². The monoisotopic (exact) mass is 359 g/mol. The highest BCUT2D eigenvalue weighted by molar-refractivity contribution is 5.57. The molecule has 4 rings (SSSR count). The number of nitrogens with zero attached hydrogens (tertiary/aromatic N) is 3. The van der Waals surface area contributed by atoms with E-state index in [0.29, 0.717) is 0 Å². The molecule has 1 aliphatic rings. The topological polar surface area (TPSA) is 21.1 Å². The Morgan fingerprint density at radius 1 is 0.963 bits per heavy atom. The van der Waals surface area contributed by atoms with E-state index in [0.717, 1.165) is 31.9 Å². The summed E-state index contributed by atoms with van der Waals surface area (Å²) in [6.07, 6.45) is 1.02. The lowest BCUT2D eigenvalue weighted by Crippen LogP contribution is -2.31. The molecule has 0 saturated heterocycles. The van der Waals surface area contributed by atoms with Crippen LogP contribution >= 0.6 is 0 Å². The lowest BCUT2D eigenvalue weighted by molar-refractivity contribution is 0.238. The molecular weight excluding hydrogens is 330 g/mol. The van der Waals surface area contributed by atoms with Crippen molar-refractivity contribution in [1.29, 1.82) is 0 Å². The van der Waals surface area contributed by atoms with E-state index in [1.165, 1.54) is 28.1 Å². The summed E-state index contributed by atoms with van der Waals surface area (Å²) in [5.41, 5.74) is 6.80. The van der Waals surface area contributed by atoms with Gasteiger partial charge in [0.2, 0.25) is 0 Å². The predicted octanol–water partition coefficient (Wildman–Crippen LogP) is 4.94. The van der Waals surface area contributed by atoms with Crippen molar-refractivity contribution >= 4 is 0 Å². The Labute approximate surface area is 162 Å². The van der Waals surface area contributed by atoms with Gasteiger partial charge in [-0.1, -0.05) is 75.4 Å². The molecule has 0 saturated carbocycles. The molecule has 3 nitrogen and oxygen atoms in total. The van der Waals surface area contributed by atoms with Crippen LogP contribution < -0.4 is 0 Å². The summed E-state index contributed by atoms with van der Waals surface area (Å²) in [7, 11) is 2.15. The molecule has 2 aromatic carbocycles. The zero-order valence-electron chi connectivity index (χ0n) is 16.9. The lowest BCUT2D eigenvalue weighted by Gasteiger charge is -2.27. The van der Waals surface area contributed by atoms with Gasteiger partial charge in [0.1, 0.15) is 5.82 Å². The van der Waals surface area contributed by atoms with Gasteiger partial charge in [-0.15, -0.1) is 0 Å². The molecule has 1 aliphatic heterocycles. The molecule has 0 amide bonds. The average Bonchev–Trinajstić information content (AvgIpc) is 2.99. The number of fused-ring (bicyclic) bond motifs is 1. The van der Waals surface area contributed by atoms with E-state index in [2.05, 4.69) is 91.9 Å². The zero-order chi connectivity index (χ0) is 19.0. The van der Waals surface area contributed by atoms with Gasteiger partial charge in [-0.2, -0.15) is 0 Å². The molecule has 3 aromatic rings. The van der Waals surface area contributed by atoms with Gasteiger partial charge in [-0.05, 0) is 16.5 Å². The van der Waals surface area contributed by atoms with E-state index in [4.69, 9.17) is 4.98 Å². The van der Waals surface area contributed by atoms with Crippen LogP contribution in [-0.2, 0) is 32.0 Å². The minimum atomic E-state index is 0.209. The highest BCUT2D eigenvalue weighted by Gasteiger charge is 2.23. The molecule has 0 unspecified atom stereocenters. The van der Waals surface area contributed by atoms with E-state index < -0.39 is 0 Å². The Morgan fingerprint density at radius 2 is 1.67 bits per heavy atom. The summed E-state index contributed by atoms with van der Waals surface area (Å²) in [4.78, 5) is 7.47. The molecule has 0 N–H and O–H groups in total. The maximum atomic E-state index is 4.94. The van der Waals surface area contributed by atoms with E-state index in [-0.39, 0.29) is 5.41 Å². The van der Waals surface area contributed by atoms with E-state index in [1.807, 2.05) is 0 Å². The van der Waals surface area contributed by atoms with Crippen molar-refractivity contribution in [3.05, 3.63) is 77.1 Å². The SMILES string of the molecule is Cn1c(-c2ccccc2)nc2c1CN(Cc1ccc(C(C)(C)C)cc1)CC2. The second-order valence-electron chi connectivity index (χ2n) is 8.66. The van der Waals surface area contributed by atoms with Gasteiger partial charge in [0.05, 0.1) is 11.4 Å². The van der Waals surface area contributed by atoms with Crippen molar-refractivity contribution < 1.29 is 0 Å². The summed E-state index contributed by atoms with van der Waals surface area (Å²) < 4.78 is 2.28. The predicted molar refractivity (Wildman–Crippen MR) is 112 cm³/mol. The van der Waals surface area contributed by atoms with Crippen LogP contribution in [0.3, 0.4) is 0 Å². The van der Waals surface area contributed by atoms with Gasteiger partial charge >= 0.3 is 0 Å². The van der Waals surface area contributed by atoms with Crippen LogP contribution in [0, 0.1) is 0 Å². The molecule has 0 aliphatic carbocycles. The van der Waals surface area contributed by atoms with Crippen molar-refractivity contribution in [2.24, 2.45) is 7.05 Å². The smallest absolute Gasteiger partial charge is 0.140 e. The van der Waals surface area contributed by atoms with E-state index >= 15 is 0 Å². The first-order valence-corrected chi connectivity index (χ1v) is 9.83. The van der Waals surface area contributed by atoms with Crippen LogP contribution in [-0.4, -0.2) is 21.0 Å². The largest absolute Gasteiger partial charge is 0.330 e. The third-order valence-electron chi connectivity index (χ3n) is 5.59. The molecule has 1 aromatic heterocycles. The molecule has 0 bridgehead atoms. The van der Waals surface area contributed by atoms with Crippen LogP contribution in [0.15, 0.2) is 54.6 Å². The minimum Gasteiger partial charge on any atom is -0.330 e. The zero-order valence-corrected chi connectivity index (χ0v) is 16.9. The fourth-order valence-electron chi connectivity index (χ4n) is 3.89. The fourth-order valence-corrected chi connectivity index (χ4v) is 3.89. The molecule has 3 heteroatoms. The molecule has 0 spiro atoms. The van der Waals surface area contributed by atoms with Crippen molar-refractivity contribution in [2.45, 2.75) is 45.7 Å². The highest BCUT2D eigenvalue weighted by Crippen LogP contribution is 2.27.